The van der Waals surface area contributed by atoms with Crippen LogP contribution in [0, 0.1) is 0 Å². The SMILES string of the molecule is Clc1cc2c(cc1C=NNc1nc(N3CCCCC3)nc(N3CCCCC3)n1)OCO2. The summed E-state index contributed by atoms with van der Waals surface area (Å²) < 4.78 is 10.8. The van der Waals surface area contributed by atoms with Crippen molar-refractivity contribution in [3.8, 4) is 11.5 Å². The van der Waals surface area contributed by atoms with E-state index in [1.165, 1.54) is 12.8 Å². The Hall–Kier alpha value is -2.81. The van der Waals surface area contributed by atoms with Crippen molar-refractivity contribution in [1.29, 1.82) is 0 Å². The summed E-state index contributed by atoms with van der Waals surface area (Å²) in [6.07, 6.45) is 8.79. The van der Waals surface area contributed by atoms with Crippen LogP contribution >= 0.6 is 11.6 Å². The maximum atomic E-state index is 6.33. The average molecular weight is 444 g/mol. The fraction of sp³-hybridized carbons (Fsp3) is 0.524. The maximum absolute atomic E-state index is 6.33. The number of hydrogen-bond acceptors (Lipinski definition) is 9. The highest BCUT2D eigenvalue weighted by molar-refractivity contribution is 6.33. The number of benzene rings is 1. The van der Waals surface area contributed by atoms with Gasteiger partial charge in [0.1, 0.15) is 0 Å². The summed E-state index contributed by atoms with van der Waals surface area (Å²) in [5.74, 6) is 3.17. The molecule has 4 heterocycles. The molecule has 1 aromatic carbocycles. The van der Waals surface area contributed by atoms with E-state index in [1.807, 2.05) is 6.07 Å². The van der Waals surface area contributed by atoms with Gasteiger partial charge in [-0.15, -0.1) is 0 Å². The van der Waals surface area contributed by atoms with Gasteiger partial charge in [0, 0.05) is 37.8 Å². The molecule has 3 aliphatic rings. The van der Waals surface area contributed by atoms with Gasteiger partial charge in [-0.1, -0.05) is 11.6 Å². The third-order valence-corrected chi connectivity index (χ3v) is 6.08. The number of rotatable bonds is 5. The minimum absolute atomic E-state index is 0.202. The monoisotopic (exact) mass is 443 g/mol. The molecule has 31 heavy (non-hydrogen) atoms. The number of halogens is 1. The lowest BCUT2D eigenvalue weighted by Crippen LogP contribution is -2.34. The van der Waals surface area contributed by atoms with Crippen molar-refractivity contribution in [1.82, 2.24) is 15.0 Å². The molecule has 10 heteroatoms. The first kappa shape index (κ1) is 20.1. The van der Waals surface area contributed by atoms with Gasteiger partial charge in [-0.2, -0.15) is 20.1 Å². The van der Waals surface area contributed by atoms with Crippen molar-refractivity contribution in [3.63, 3.8) is 0 Å². The Morgan fingerprint density at radius 2 is 1.42 bits per heavy atom. The lowest BCUT2D eigenvalue weighted by Gasteiger charge is -2.30. The Bertz CT molecular complexity index is 923. The maximum Gasteiger partial charge on any atom is 0.250 e. The first-order valence-electron chi connectivity index (χ1n) is 10.9. The molecule has 0 unspecified atom stereocenters. The molecule has 0 radical (unpaired) electrons. The first-order chi connectivity index (χ1) is 15.3. The molecule has 0 amide bonds. The number of hydrazone groups is 1. The summed E-state index contributed by atoms with van der Waals surface area (Å²) in [4.78, 5) is 18.5. The zero-order valence-electron chi connectivity index (χ0n) is 17.4. The second-order valence-corrected chi connectivity index (χ2v) is 8.36. The standard InChI is InChI=1S/C21H26ClN7O2/c22-16-12-18-17(30-14-31-18)11-15(16)13-23-27-19-24-20(28-7-3-1-4-8-28)26-21(25-19)29-9-5-2-6-10-29/h11-13H,1-10,14H2,(H,24,25,26,27). The molecule has 0 atom stereocenters. The first-order valence-corrected chi connectivity index (χ1v) is 11.3. The second-order valence-electron chi connectivity index (χ2n) is 7.95. The smallest absolute Gasteiger partial charge is 0.250 e. The van der Waals surface area contributed by atoms with E-state index in [1.54, 1.807) is 12.3 Å². The predicted molar refractivity (Wildman–Crippen MR) is 121 cm³/mol. The van der Waals surface area contributed by atoms with Crippen LogP contribution in [0.4, 0.5) is 17.8 Å². The van der Waals surface area contributed by atoms with Gasteiger partial charge in [-0.05, 0) is 44.6 Å². The molecule has 164 valence electrons. The molecule has 2 saturated heterocycles. The number of piperidine rings is 2. The van der Waals surface area contributed by atoms with E-state index < -0.39 is 0 Å². The van der Waals surface area contributed by atoms with Gasteiger partial charge in [-0.25, -0.2) is 5.43 Å². The van der Waals surface area contributed by atoms with E-state index in [9.17, 15) is 0 Å². The number of nitrogens with zero attached hydrogens (tertiary/aromatic N) is 6. The number of aromatic nitrogens is 3. The van der Waals surface area contributed by atoms with Crippen LogP contribution in [0.3, 0.4) is 0 Å². The highest BCUT2D eigenvalue weighted by Crippen LogP contribution is 2.36. The highest BCUT2D eigenvalue weighted by Gasteiger charge is 2.20. The molecule has 9 nitrogen and oxygen atoms in total. The summed E-state index contributed by atoms with van der Waals surface area (Å²) in [5, 5.41) is 4.86. The lowest BCUT2D eigenvalue weighted by molar-refractivity contribution is 0.174. The van der Waals surface area contributed by atoms with Crippen molar-refractivity contribution in [2.75, 3.05) is 48.2 Å². The summed E-state index contributed by atoms with van der Waals surface area (Å²) >= 11 is 6.33. The number of anilines is 3. The zero-order valence-corrected chi connectivity index (χ0v) is 18.1. The van der Waals surface area contributed by atoms with Gasteiger partial charge in [-0.3, -0.25) is 0 Å². The summed E-state index contributed by atoms with van der Waals surface area (Å²) in [6, 6.07) is 3.54. The minimum Gasteiger partial charge on any atom is -0.454 e. The van der Waals surface area contributed by atoms with Crippen LogP contribution in [0.1, 0.15) is 44.1 Å². The molecule has 0 aliphatic carbocycles. The summed E-state index contributed by atoms with van der Waals surface area (Å²) in [5.41, 5.74) is 3.69. The molecule has 0 saturated carbocycles. The minimum atomic E-state index is 0.202. The fourth-order valence-corrected chi connectivity index (χ4v) is 4.27. The molecule has 3 aliphatic heterocycles. The zero-order chi connectivity index (χ0) is 21.0. The van der Waals surface area contributed by atoms with Crippen LogP contribution < -0.4 is 24.7 Å². The van der Waals surface area contributed by atoms with Crippen molar-refractivity contribution in [2.45, 2.75) is 38.5 Å². The Labute approximate surface area is 186 Å². The van der Waals surface area contributed by atoms with Crippen LogP contribution in [0.25, 0.3) is 0 Å². The molecule has 5 rings (SSSR count). The van der Waals surface area contributed by atoms with E-state index in [2.05, 4.69) is 30.3 Å². The molecule has 1 aromatic heterocycles. The topological polar surface area (TPSA) is 88.0 Å². The Morgan fingerprint density at radius 3 is 2.03 bits per heavy atom. The van der Waals surface area contributed by atoms with Crippen LogP contribution in [0.5, 0.6) is 11.5 Å². The largest absolute Gasteiger partial charge is 0.454 e. The normalized spacial score (nSPS) is 18.6. The van der Waals surface area contributed by atoms with Crippen molar-refractivity contribution < 1.29 is 9.47 Å². The van der Waals surface area contributed by atoms with Crippen molar-refractivity contribution in [3.05, 3.63) is 22.7 Å². The second kappa shape index (κ2) is 9.13. The van der Waals surface area contributed by atoms with Crippen molar-refractivity contribution >= 4 is 35.7 Å². The van der Waals surface area contributed by atoms with E-state index >= 15 is 0 Å². The summed E-state index contributed by atoms with van der Waals surface area (Å²) in [7, 11) is 0. The Morgan fingerprint density at radius 1 is 0.839 bits per heavy atom. The quantitative estimate of drug-likeness (QED) is 0.553. The van der Waals surface area contributed by atoms with E-state index in [4.69, 9.17) is 26.1 Å². The highest BCUT2D eigenvalue weighted by atomic mass is 35.5. The van der Waals surface area contributed by atoms with Gasteiger partial charge < -0.3 is 19.3 Å². The lowest BCUT2D eigenvalue weighted by atomic mass is 10.1. The molecular formula is C21H26ClN7O2. The van der Waals surface area contributed by atoms with Gasteiger partial charge in [0.2, 0.25) is 24.6 Å². The van der Waals surface area contributed by atoms with Crippen LogP contribution in [-0.2, 0) is 0 Å². The molecule has 2 fully saturated rings. The number of nitrogens with one attached hydrogen (secondary N) is 1. The Kier molecular flexibility index (Phi) is 5.93. The molecule has 0 bridgehead atoms. The van der Waals surface area contributed by atoms with Gasteiger partial charge in [0.15, 0.2) is 11.5 Å². The van der Waals surface area contributed by atoms with E-state index in [-0.39, 0.29) is 6.79 Å². The van der Waals surface area contributed by atoms with Gasteiger partial charge >= 0.3 is 0 Å². The van der Waals surface area contributed by atoms with E-state index in [0.29, 0.717) is 34.4 Å². The summed E-state index contributed by atoms with van der Waals surface area (Å²) in [6.45, 7) is 4.09. The Balaban J connectivity index is 1.37. The van der Waals surface area contributed by atoms with Crippen LogP contribution in [0.15, 0.2) is 17.2 Å². The molecular weight excluding hydrogens is 418 g/mol. The third kappa shape index (κ3) is 4.61. The third-order valence-electron chi connectivity index (χ3n) is 5.75. The predicted octanol–water partition coefficient (Wildman–Crippen LogP) is 3.68. The van der Waals surface area contributed by atoms with Gasteiger partial charge in [0.05, 0.1) is 11.2 Å². The van der Waals surface area contributed by atoms with Crippen molar-refractivity contribution in [2.24, 2.45) is 5.10 Å². The van der Waals surface area contributed by atoms with E-state index in [0.717, 1.165) is 57.4 Å². The molecule has 0 spiro atoms. The number of fused-ring (bicyclic) bond motifs is 1. The molecule has 1 N–H and O–H groups in total. The van der Waals surface area contributed by atoms with Gasteiger partial charge in [0.25, 0.3) is 0 Å². The average Bonchev–Trinajstić information content (AvgIpc) is 3.27. The van der Waals surface area contributed by atoms with Crippen LogP contribution in [0.2, 0.25) is 5.02 Å². The fourth-order valence-electron chi connectivity index (χ4n) is 4.07. The molecule has 2 aromatic rings. The number of ether oxygens (including phenoxy) is 2. The number of hydrogen-bond donors (Lipinski definition) is 1. The van der Waals surface area contributed by atoms with Crippen LogP contribution in [-0.4, -0.2) is 54.1 Å².